The highest BCUT2D eigenvalue weighted by atomic mass is 16.5. The Labute approximate surface area is 128 Å². The van der Waals surface area contributed by atoms with E-state index in [4.69, 9.17) is 4.74 Å². The lowest BCUT2D eigenvalue weighted by atomic mass is 9.99. The molecule has 7 nitrogen and oxygen atoms in total. The highest BCUT2D eigenvalue weighted by Crippen LogP contribution is 2.24. The number of hydrogen-bond acceptors (Lipinski definition) is 5. The van der Waals surface area contributed by atoms with Crippen molar-refractivity contribution < 1.29 is 9.53 Å². The molecule has 0 saturated heterocycles. The van der Waals surface area contributed by atoms with Crippen LogP contribution in [0.5, 0.6) is 5.75 Å². The molecule has 3 rings (SSSR count). The molecule has 22 heavy (non-hydrogen) atoms. The van der Waals surface area contributed by atoms with Crippen LogP contribution in [-0.4, -0.2) is 51.2 Å². The van der Waals surface area contributed by atoms with Crippen LogP contribution in [0.25, 0.3) is 5.57 Å². The van der Waals surface area contributed by atoms with Crippen LogP contribution >= 0.6 is 0 Å². The van der Waals surface area contributed by atoms with Crippen molar-refractivity contribution in [2.24, 2.45) is 0 Å². The summed E-state index contributed by atoms with van der Waals surface area (Å²) in [5, 5.41) is 10.8. The van der Waals surface area contributed by atoms with Crippen LogP contribution in [0.2, 0.25) is 0 Å². The van der Waals surface area contributed by atoms with Crippen molar-refractivity contribution in [1.29, 1.82) is 0 Å². The Bertz CT molecular complexity index is 664. The van der Waals surface area contributed by atoms with Crippen molar-refractivity contribution in [2.75, 3.05) is 20.2 Å². The highest BCUT2D eigenvalue weighted by molar-refractivity contribution is 5.78. The molecule has 1 aromatic heterocycles. The van der Waals surface area contributed by atoms with E-state index >= 15 is 0 Å². The normalized spacial score (nSPS) is 14.6. The van der Waals surface area contributed by atoms with Gasteiger partial charge in [-0.25, -0.2) is 4.68 Å². The van der Waals surface area contributed by atoms with Crippen LogP contribution < -0.4 is 4.74 Å². The van der Waals surface area contributed by atoms with Gasteiger partial charge in [0.25, 0.3) is 0 Å². The van der Waals surface area contributed by atoms with E-state index < -0.39 is 0 Å². The third-order valence-electron chi connectivity index (χ3n) is 3.71. The van der Waals surface area contributed by atoms with Crippen molar-refractivity contribution in [1.82, 2.24) is 25.1 Å². The Morgan fingerprint density at radius 1 is 1.32 bits per heavy atom. The molecule has 0 aliphatic carbocycles. The molecule has 0 bridgehead atoms. The standard InChI is InChI=1S/C15H17N5O2/c1-22-14-4-2-12(3-5-14)13-6-8-19(9-7-13)15(21)10-20-11-16-17-18-20/h2-6,11H,7-10H2,1H3. The van der Waals surface area contributed by atoms with E-state index in [1.807, 2.05) is 29.2 Å². The maximum atomic E-state index is 12.2. The van der Waals surface area contributed by atoms with Crippen LogP contribution in [0.4, 0.5) is 0 Å². The van der Waals surface area contributed by atoms with Gasteiger partial charge in [0, 0.05) is 13.1 Å². The molecule has 0 spiro atoms. The molecule has 0 radical (unpaired) electrons. The molecule has 114 valence electrons. The molecule has 0 N–H and O–H groups in total. The molecule has 0 atom stereocenters. The lowest BCUT2D eigenvalue weighted by molar-refractivity contribution is -0.131. The van der Waals surface area contributed by atoms with Gasteiger partial charge in [-0.15, -0.1) is 5.10 Å². The minimum atomic E-state index is 0.0253. The molecule has 7 heteroatoms. The summed E-state index contributed by atoms with van der Waals surface area (Å²) in [5.41, 5.74) is 2.43. The molecule has 1 amide bonds. The third kappa shape index (κ3) is 3.13. The van der Waals surface area contributed by atoms with Gasteiger partial charge >= 0.3 is 0 Å². The van der Waals surface area contributed by atoms with Gasteiger partial charge < -0.3 is 9.64 Å². The number of ether oxygens (including phenoxy) is 1. The van der Waals surface area contributed by atoms with Gasteiger partial charge in [0.05, 0.1) is 7.11 Å². The number of methoxy groups -OCH3 is 1. The quantitative estimate of drug-likeness (QED) is 0.842. The number of carbonyl (C=O) groups excluding carboxylic acids is 1. The fourth-order valence-electron chi connectivity index (χ4n) is 2.45. The van der Waals surface area contributed by atoms with Gasteiger partial charge in [-0.2, -0.15) is 0 Å². The third-order valence-corrected chi connectivity index (χ3v) is 3.71. The summed E-state index contributed by atoms with van der Waals surface area (Å²) in [7, 11) is 1.66. The van der Waals surface area contributed by atoms with E-state index in [-0.39, 0.29) is 12.5 Å². The molecule has 1 aliphatic rings. The maximum absolute atomic E-state index is 12.2. The summed E-state index contributed by atoms with van der Waals surface area (Å²) in [6.45, 7) is 1.50. The number of amides is 1. The molecule has 1 aliphatic heterocycles. The van der Waals surface area contributed by atoms with Gasteiger partial charge in [-0.1, -0.05) is 18.2 Å². The van der Waals surface area contributed by atoms with E-state index in [2.05, 4.69) is 21.6 Å². The SMILES string of the molecule is COc1ccc(C2=CCN(C(=O)Cn3cnnn3)CC2)cc1. The highest BCUT2D eigenvalue weighted by Gasteiger charge is 2.18. The van der Waals surface area contributed by atoms with Crippen molar-refractivity contribution in [3.05, 3.63) is 42.2 Å². The van der Waals surface area contributed by atoms with Gasteiger partial charge in [0.15, 0.2) is 0 Å². The fraction of sp³-hybridized carbons (Fsp3) is 0.333. The first kappa shape index (κ1) is 14.2. The van der Waals surface area contributed by atoms with Crippen LogP contribution in [0.1, 0.15) is 12.0 Å². The van der Waals surface area contributed by atoms with Crippen LogP contribution in [0, 0.1) is 0 Å². The van der Waals surface area contributed by atoms with Crippen molar-refractivity contribution in [3.63, 3.8) is 0 Å². The smallest absolute Gasteiger partial charge is 0.244 e. The van der Waals surface area contributed by atoms with E-state index in [0.717, 1.165) is 12.2 Å². The summed E-state index contributed by atoms with van der Waals surface area (Å²) >= 11 is 0. The van der Waals surface area contributed by atoms with E-state index in [9.17, 15) is 4.79 Å². The van der Waals surface area contributed by atoms with Gasteiger partial charge in [-0.3, -0.25) is 4.79 Å². The minimum Gasteiger partial charge on any atom is -0.497 e. The molecule has 0 fully saturated rings. The summed E-state index contributed by atoms with van der Waals surface area (Å²) in [6.07, 6.45) is 4.39. The number of nitrogens with zero attached hydrogens (tertiary/aromatic N) is 5. The Morgan fingerprint density at radius 3 is 2.73 bits per heavy atom. The summed E-state index contributed by atoms with van der Waals surface area (Å²) < 4.78 is 6.60. The number of tetrazole rings is 1. The Morgan fingerprint density at radius 2 is 2.14 bits per heavy atom. The van der Waals surface area contributed by atoms with Crippen molar-refractivity contribution >= 4 is 11.5 Å². The maximum Gasteiger partial charge on any atom is 0.244 e. The first-order valence-corrected chi connectivity index (χ1v) is 7.08. The molecule has 2 aromatic rings. The largest absolute Gasteiger partial charge is 0.497 e. The summed E-state index contributed by atoms with van der Waals surface area (Å²) in [5.74, 6) is 0.871. The number of carbonyl (C=O) groups is 1. The molecule has 1 aromatic carbocycles. The monoisotopic (exact) mass is 299 g/mol. The lowest BCUT2D eigenvalue weighted by Crippen LogP contribution is -2.37. The Kier molecular flexibility index (Phi) is 4.13. The zero-order valence-corrected chi connectivity index (χ0v) is 12.3. The van der Waals surface area contributed by atoms with E-state index in [0.29, 0.717) is 13.1 Å². The minimum absolute atomic E-state index is 0.0253. The van der Waals surface area contributed by atoms with Crippen molar-refractivity contribution in [3.8, 4) is 5.75 Å². The topological polar surface area (TPSA) is 73.1 Å². The average Bonchev–Trinajstić information content (AvgIpc) is 3.08. The summed E-state index contributed by atoms with van der Waals surface area (Å²) in [4.78, 5) is 14.0. The fourth-order valence-corrected chi connectivity index (χ4v) is 2.45. The van der Waals surface area contributed by atoms with Crippen molar-refractivity contribution in [2.45, 2.75) is 13.0 Å². The lowest BCUT2D eigenvalue weighted by Gasteiger charge is -2.26. The average molecular weight is 299 g/mol. The van der Waals surface area contributed by atoms with E-state index in [1.165, 1.54) is 22.1 Å². The van der Waals surface area contributed by atoms with Crippen LogP contribution in [0.3, 0.4) is 0 Å². The summed E-state index contributed by atoms with van der Waals surface area (Å²) in [6, 6.07) is 7.99. The Hall–Kier alpha value is -2.70. The van der Waals surface area contributed by atoms with Gasteiger partial charge in [0.1, 0.15) is 18.6 Å². The second-order valence-electron chi connectivity index (χ2n) is 5.06. The molecular weight excluding hydrogens is 282 g/mol. The number of aromatic nitrogens is 4. The molecular formula is C15H17N5O2. The predicted molar refractivity (Wildman–Crippen MR) is 80.0 cm³/mol. The zero-order chi connectivity index (χ0) is 15.4. The molecule has 0 unspecified atom stereocenters. The molecule has 2 heterocycles. The zero-order valence-electron chi connectivity index (χ0n) is 12.3. The first-order chi connectivity index (χ1) is 10.8. The van der Waals surface area contributed by atoms with Crippen LogP contribution in [-0.2, 0) is 11.3 Å². The van der Waals surface area contributed by atoms with Gasteiger partial charge in [0.2, 0.25) is 5.91 Å². The predicted octanol–water partition coefficient (Wildman–Crippen LogP) is 0.998. The Balaban J connectivity index is 1.62. The number of benzene rings is 1. The number of hydrogen-bond donors (Lipinski definition) is 0. The van der Waals surface area contributed by atoms with Gasteiger partial charge in [-0.05, 0) is 40.1 Å². The number of rotatable bonds is 4. The molecule has 0 saturated carbocycles. The van der Waals surface area contributed by atoms with E-state index in [1.54, 1.807) is 7.11 Å². The second-order valence-corrected chi connectivity index (χ2v) is 5.06. The second kappa shape index (κ2) is 6.38. The first-order valence-electron chi connectivity index (χ1n) is 7.08. The van der Waals surface area contributed by atoms with Crippen LogP contribution in [0.15, 0.2) is 36.7 Å².